The Morgan fingerprint density at radius 1 is 1.07 bits per heavy atom. The molecule has 152 valence electrons. The Balaban J connectivity index is 2.03. The molecule has 0 aliphatic rings. The van der Waals surface area contributed by atoms with Crippen LogP contribution in [0.3, 0.4) is 0 Å². The monoisotopic (exact) mass is 593 g/mol. The van der Waals surface area contributed by atoms with Gasteiger partial charge in [-0.25, -0.2) is 9.97 Å². The molecule has 0 bridgehead atoms. The van der Waals surface area contributed by atoms with Crippen molar-refractivity contribution in [1.29, 1.82) is 0 Å². The molecule has 1 atom stereocenters. The molecule has 1 N–H and O–H groups in total. The highest BCUT2D eigenvalue weighted by Crippen LogP contribution is 3.02. The van der Waals surface area contributed by atoms with Crippen LogP contribution in [-0.2, 0) is 0 Å². The van der Waals surface area contributed by atoms with Crippen LogP contribution in [-0.4, -0.2) is 9.97 Å². The van der Waals surface area contributed by atoms with Crippen molar-refractivity contribution in [3.05, 3.63) is 55.8 Å². The number of hydrogen-bond donors (Lipinski definition) is 1. The molecule has 0 saturated heterocycles. The molecule has 11 heteroatoms. The van der Waals surface area contributed by atoms with E-state index in [2.05, 4.69) is 53.8 Å². The minimum Gasteiger partial charge on any atom is -0.363 e. The minimum atomic E-state index is -9.74. The zero-order valence-corrected chi connectivity index (χ0v) is 19.0. The molecule has 0 amide bonds. The van der Waals surface area contributed by atoms with Gasteiger partial charge in [-0.3, -0.25) is 0 Å². The second kappa shape index (κ2) is 6.39. The standard InChI is InChI=1S/C17H14BrF5IN3S/c1-9(11-4-3-5-12(6-11)28(19,20,21,22)23)25-17-13-7-15(24)14(18)8-16(13)26-10(2)27-17/h3-9H,1-2H3,(H,25,26,27)/t9-/m1/s1. The summed E-state index contributed by atoms with van der Waals surface area (Å²) in [6.45, 7) is 3.27. The molecule has 0 radical (unpaired) electrons. The van der Waals surface area contributed by atoms with Crippen molar-refractivity contribution < 1.29 is 19.4 Å². The van der Waals surface area contributed by atoms with Crippen molar-refractivity contribution in [1.82, 2.24) is 9.97 Å². The predicted molar refractivity (Wildman–Crippen MR) is 115 cm³/mol. The molecule has 3 nitrogen and oxygen atoms in total. The summed E-state index contributed by atoms with van der Waals surface area (Å²) in [5.74, 6) is 0.884. The number of nitrogens with zero attached hydrogens (tertiary/aromatic N) is 2. The molecular formula is C17H14BrF5IN3S. The van der Waals surface area contributed by atoms with Gasteiger partial charge in [-0.15, -0.1) is 0 Å². The van der Waals surface area contributed by atoms with Gasteiger partial charge in [-0.2, -0.15) is 0 Å². The van der Waals surface area contributed by atoms with E-state index in [1.807, 2.05) is 12.1 Å². The lowest BCUT2D eigenvalue weighted by atomic mass is 10.1. The predicted octanol–water partition coefficient (Wildman–Crippen LogP) is 8.14. The first-order valence-electron chi connectivity index (χ1n) is 7.88. The molecule has 2 aromatic carbocycles. The second-order valence-corrected chi connectivity index (χ2v) is 10.7. The van der Waals surface area contributed by atoms with Gasteiger partial charge in [0.2, 0.25) is 0 Å². The van der Waals surface area contributed by atoms with Gasteiger partial charge in [0.25, 0.3) is 0 Å². The van der Waals surface area contributed by atoms with Crippen LogP contribution in [0.4, 0.5) is 25.2 Å². The van der Waals surface area contributed by atoms with E-state index < -0.39 is 21.2 Å². The number of aromatic nitrogens is 2. The number of aryl methyl sites for hydroxylation is 1. The number of nitrogens with one attached hydrogen (secondary N) is 1. The quantitative estimate of drug-likeness (QED) is 0.245. The average Bonchev–Trinajstić information content (AvgIpc) is 2.54. The summed E-state index contributed by atoms with van der Waals surface area (Å²) in [6.07, 6.45) is 0. The highest BCUT2D eigenvalue weighted by molar-refractivity contribution is 14.1. The van der Waals surface area contributed by atoms with Gasteiger partial charge in [0, 0.05) is 13.4 Å². The van der Waals surface area contributed by atoms with E-state index in [4.69, 9.17) is 0 Å². The molecule has 0 fully saturated rings. The lowest BCUT2D eigenvalue weighted by molar-refractivity contribution is 0.364. The zero-order valence-electron chi connectivity index (χ0n) is 14.5. The number of fused-ring (bicyclic) bond motifs is 1. The van der Waals surface area contributed by atoms with Gasteiger partial charge in [-0.05, 0) is 82.2 Å². The topological polar surface area (TPSA) is 37.8 Å². The summed E-state index contributed by atoms with van der Waals surface area (Å²) >= 11 is 5.55. The second-order valence-electron chi connectivity index (χ2n) is 6.31. The van der Waals surface area contributed by atoms with Crippen LogP contribution >= 0.6 is 48.7 Å². The van der Waals surface area contributed by atoms with E-state index in [1.54, 1.807) is 13.8 Å². The van der Waals surface area contributed by atoms with E-state index in [0.717, 1.165) is 14.1 Å². The number of hydrogen-bond acceptors (Lipinski definition) is 3. The summed E-state index contributed by atoms with van der Waals surface area (Å²) in [5.41, 5.74) is 0.720. The lowest BCUT2D eigenvalue weighted by Gasteiger charge is -2.40. The fraction of sp³-hybridized carbons (Fsp3) is 0.176. The fourth-order valence-electron chi connectivity index (χ4n) is 2.66. The summed E-state index contributed by atoms with van der Waals surface area (Å²) in [5, 5.41) is 3.70. The first-order valence-corrected chi connectivity index (χ1v) is 11.7. The van der Waals surface area contributed by atoms with Gasteiger partial charge < -0.3 is 5.32 Å². The molecule has 28 heavy (non-hydrogen) atoms. The zero-order chi connectivity index (χ0) is 21.0. The van der Waals surface area contributed by atoms with Crippen molar-refractivity contribution in [3.63, 3.8) is 0 Å². The third-order valence-electron chi connectivity index (χ3n) is 4.01. The van der Waals surface area contributed by atoms with Crippen LogP contribution in [0.15, 0.2) is 45.8 Å². The van der Waals surface area contributed by atoms with Crippen LogP contribution in [0.25, 0.3) is 10.9 Å². The van der Waals surface area contributed by atoms with E-state index in [9.17, 15) is 19.4 Å². The Morgan fingerprint density at radius 3 is 2.39 bits per heavy atom. The van der Waals surface area contributed by atoms with Crippen LogP contribution in [0.5, 0.6) is 0 Å². The molecular weight excluding hydrogens is 580 g/mol. The normalized spacial score (nSPS) is 15.8. The molecule has 1 heterocycles. The van der Waals surface area contributed by atoms with Crippen molar-refractivity contribution in [3.8, 4) is 0 Å². The van der Waals surface area contributed by atoms with E-state index >= 15 is 0 Å². The van der Waals surface area contributed by atoms with Crippen molar-refractivity contribution >= 4 is 65.5 Å². The lowest BCUT2D eigenvalue weighted by Crippen LogP contribution is -2.12. The van der Waals surface area contributed by atoms with E-state index in [1.165, 1.54) is 6.07 Å². The van der Waals surface area contributed by atoms with Crippen molar-refractivity contribution in [2.75, 3.05) is 5.32 Å². The van der Waals surface area contributed by atoms with E-state index in [0.29, 0.717) is 34.7 Å². The summed E-state index contributed by atoms with van der Waals surface area (Å²) in [4.78, 5) is 6.78. The van der Waals surface area contributed by atoms with Gasteiger partial charge in [0.15, 0.2) is 0 Å². The molecule has 0 aliphatic carbocycles. The van der Waals surface area contributed by atoms with Crippen LogP contribution in [0, 0.1) is 10.5 Å². The maximum absolute atomic E-state index is 13.1. The number of rotatable bonds is 4. The minimum absolute atomic E-state index is 0.0713. The average molecular weight is 594 g/mol. The SMILES string of the molecule is Cc1nc(N[C@H](C)c2cccc(S(F)(F)(F)(F)F)c2)c2cc(I)c(Br)cc2n1. The Morgan fingerprint density at radius 2 is 1.75 bits per heavy atom. The van der Waals surface area contributed by atoms with Crippen LogP contribution < -0.4 is 5.32 Å². The molecule has 0 unspecified atom stereocenters. The fourth-order valence-corrected chi connectivity index (χ4v) is 4.16. The molecule has 0 spiro atoms. The Hall–Kier alpha value is -1.21. The van der Waals surface area contributed by atoms with Crippen molar-refractivity contribution in [2.24, 2.45) is 0 Å². The third-order valence-corrected chi connectivity index (χ3v) is 7.44. The van der Waals surface area contributed by atoms with Gasteiger partial charge in [0.1, 0.15) is 16.5 Å². The van der Waals surface area contributed by atoms with Gasteiger partial charge in [0.05, 0.1) is 11.6 Å². The number of anilines is 1. The Bertz CT molecular complexity index is 1090. The van der Waals surface area contributed by atoms with E-state index in [-0.39, 0.29) is 5.56 Å². The first-order chi connectivity index (χ1) is 12.6. The molecule has 3 aromatic rings. The molecule has 0 saturated carbocycles. The van der Waals surface area contributed by atoms with Crippen molar-refractivity contribution in [2.45, 2.75) is 24.8 Å². The maximum atomic E-state index is 13.1. The van der Waals surface area contributed by atoms with Crippen LogP contribution in [0.2, 0.25) is 0 Å². The Labute approximate surface area is 180 Å². The first kappa shape index (κ1) is 21.5. The maximum Gasteiger partial charge on any atom is 0.310 e. The summed E-state index contributed by atoms with van der Waals surface area (Å²) in [6, 6.07) is 6.16. The highest BCUT2D eigenvalue weighted by atomic mass is 127. The smallest absolute Gasteiger partial charge is 0.310 e. The summed E-state index contributed by atoms with van der Waals surface area (Å²) in [7, 11) is -9.74. The molecule has 0 aliphatic heterocycles. The third kappa shape index (κ3) is 4.67. The summed E-state index contributed by atoms with van der Waals surface area (Å²) < 4.78 is 67.3. The Kier molecular flexibility index (Phi) is 4.91. The highest BCUT2D eigenvalue weighted by Gasteiger charge is 2.65. The van der Waals surface area contributed by atoms with Crippen LogP contribution in [0.1, 0.15) is 24.4 Å². The molecule has 3 rings (SSSR count). The largest absolute Gasteiger partial charge is 0.363 e. The van der Waals surface area contributed by atoms with Gasteiger partial charge >= 0.3 is 10.2 Å². The number of halogens is 7. The number of benzene rings is 2. The van der Waals surface area contributed by atoms with Gasteiger partial charge in [-0.1, -0.05) is 31.6 Å². The molecule has 1 aromatic heterocycles.